The molecule has 1 aliphatic carbocycles. The summed E-state index contributed by atoms with van der Waals surface area (Å²) in [6.45, 7) is 0.988. The van der Waals surface area contributed by atoms with Gasteiger partial charge in [-0.2, -0.15) is 0 Å². The van der Waals surface area contributed by atoms with Gasteiger partial charge in [-0.1, -0.05) is 23.0 Å². The van der Waals surface area contributed by atoms with Gasteiger partial charge in [-0.25, -0.2) is 0 Å². The van der Waals surface area contributed by atoms with E-state index in [1.165, 1.54) is 25.7 Å². The Balaban J connectivity index is 1.91. The summed E-state index contributed by atoms with van der Waals surface area (Å²) in [6, 6.07) is 0.660. The number of nitrogens with two attached hydrogens (primary N) is 1. The molecular weight excluding hydrogens is 180 g/mol. The largest absolute Gasteiger partial charge is 0.390 e. The van der Waals surface area contributed by atoms with Gasteiger partial charge in [-0.05, 0) is 18.8 Å². The van der Waals surface area contributed by atoms with Crippen LogP contribution in [0.4, 0.5) is 12.0 Å². The van der Waals surface area contributed by atoms with Gasteiger partial charge >= 0.3 is 12.0 Å². The van der Waals surface area contributed by atoms with Gasteiger partial charge in [0.15, 0.2) is 0 Å². The van der Waals surface area contributed by atoms with Gasteiger partial charge in [0.25, 0.3) is 0 Å². The third kappa shape index (κ3) is 1.97. The topological polar surface area (TPSA) is 68.2 Å². The molecule has 78 valence electrons. The molecule has 0 unspecified atom stereocenters. The van der Waals surface area contributed by atoms with Crippen molar-refractivity contribution in [3.05, 3.63) is 0 Å². The normalized spacial score (nSPS) is 17.5. The van der Waals surface area contributed by atoms with Crippen molar-refractivity contribution in [2.24, 2.45) is 5.92 Å². The average molecular weight is 196 g/mol. The van der Waals surface area contributed by atoms with Gasteiger partial charge in [-0.3, -0.25) is 0 Å². The highest BCUT2D eigenvalue weighted by Crippen LogP contribution is 2.26. The Hall–Kier alpha value is -1.26. The molecule has 0 atom stereocenters. The summed E-state index contributed by atoms with van der Waals surface area (Å²) < 4.78 is 5.14. The second-order valence-corrected chi connectivity index (χ2v) is 3.95. The first-order chi connectivity index (χ1) is 6.75. The van der Waals surface area contributed by atoms with Crippen LogP contribution in [0.25, 0.3) is 0 Å². The predicted molar refractivity (Wildman–Crippen MR) is 53.9 cm³/mol. The smallest absolute Gasteiger partial charge is 0.319 e. The van der Waals surface area contributed by atoms with Crippen molar-refractivity contribution in [1.82, 2.24) is 10.2 Å². The van der Waals surface area contributed by atoms with Crippen LogP contribution in [0.15, 0.2) is 4.42 Å². The lowest BCUT2D eigenvalue weighted by atomic mass is 10.1. The van der Waals surface area contributed by atoms with Gasteiger partial charge in [-0.15, -0.1) is 0 Å². The van der Waals surface area contributed by atoms with Crippen molar-refractivity contribution in [3.8, 4) is 0 Å². The van der Waals surface area contributed by atoms with Crippen molar-refractivity contribution in [2.75, 3.05) is 24.2 Å². The third-order valence-electron chi connectivity index (χ3n) is 2.76. The summed E-state index contributed by atoms with van der Waals surface area (Å²) in [4.78, 5) is 1.99. The van der Waals surface area contributed by atoms with Crippen LogP contribution >= 0.6 is 0 Å². The van der Waals surface area contributed by atoms with E-state index in [0.29, 0.717) is 6.01 Å². The maximum atomic E-state index is 5.36. The summed E-state index contributed by atoms with van der Waals surface area (Å²) >= 11 is 0. The van der Waals surface area contributed by atoms with E-state index < -0.39 is 0 Å². The fraction of sp³-hybridized carbons (Fsp3) is 0.778. The van der Waals surface area contributed by atoms with E-state index in [1.807, 2.05) is 11.9 Å². The van der Waals surface area contributed by atoms with Crippen LogP contribution in [0.5, 0.6) is 0 Å². The standard InChI is InChI=1S/C9H16N4O/c1-13(6-7-4-2-3-5-7)9-12-11-8(10)14-9/h7H,2-6H2,1H3,(H2,10,11). The number of rotatable bonds is 3. The molecule has 5 heteroatoms. The van der Waals surface area contributed by atoms with Crippen molar-refractivity contribution < 1.29 is 4.42 Å². The summed E-state index contributed by atoms with van der Waals surface area (Å²) in [7, 11) is 1.96. The molecule has 0 saturated heterocycles. The molecule has 0 radical (unpaired) electrons. The van der Waals surface area contributed by atoms with Gasteiger partial charge in [0.05, 0.1) is 0 Å². The second-order valence-electron chi connectivity index (χ2n) is 3.95. The van der Waals surface area contributed by atoms with Crippen LogP contribution in [0.1, 0.15) is 25.7 Å². The summed E-state index contributed by atoms with van der Waals surface area (Å²) in [6.07, 6.45) is 5.33. The molecule has 1 aromatic rings. The fourth-order valence-corrected chi connectivity index (χ4v) is 2.04. The van der Waals surface area contributed by atoms with Crippen LogP contribution in [-0.2, 0) is 0 Å². The molecule has 0 bridgehead atoms. The summed E-state index contributed by atoms with van der Waals surface area (Å²) in [5.74, 6) is 0.771. The Morgan fingerprint density at radius 1 is 1.43 bits per heavy atom. The Morgan fingerprint density at radius 2 is 2.14 bits per heavy atom. The molecule has 1 saturated carbocycles. The van der Waals surface area contributed by atoms with E-state index in [2.05, 4.69) is 10.2 Å². The summed E-state index contributed by atoms with van der Waals surface area (Å²) in [5, 5.41) is 7.47. The SMILES string of the molecule is CN(CC1CCCC1)c1nnc(N)o1. The Morgan fingerprint density at radius 3 is 2.71 bits per heavy atom. The summed E-state index contributed by atoms with van der Waals surface area (Å²) in [5.41, 5.74) is 5.36. The van der Waals surface area contributed by atoms with Crippen LogP contribution in [0.2, 0.25) is 0 Å². The Bertz CT molecular complexity index is 293. The highest BCUT2D eigenvalue weighted by Gasteiger charge is 2.19. The van der Waals surface area contributed by atoms with Crippen molar-refractivity contribution in [2.45, 2.75) is 25.7 Å². The average Bonchev–Trinajstić information content (AvgIpc) is 2.75. The highest BCUT2D eigenvalue weighted by atomic mass is 16.4. The molecule has 0 aromatic carbocycles. The number of nitrogen functional groups attached to an aromatic ring is 1. The molecule has 0 spiro atoms. The highest BCUT2D eigenvalue weighted by molar-refractivity contribution is 5.26. The molecule has 14 heavy (non-hydrogen) atoms. The molecule has 2 N–H and O–H groups in total. The van der Waals surface area contributed by atoms with E-state index in [1.54, 1.807) is 0 Å². The van der Waals surface area contributed by atoms with E-state index in [0.717, 1.165) is 12.5 Å². The van der Waals surface area contributed by atoms with Crippen molar-refractivity contribution in [1.29, 1.82) is 0 Å². The maximum Gasteiger partial charge on any atom is 0.319 e. The van der Waals surface area contributed by atoms with Gasteiger partial charge in [0, 0.05) is 13.6 Å². The fourth-order valence-electron chi connectivity index (χ4n) is 2.04. The van der Waals surface area contributed by atoms with Gasteiger partial charge < -0.3 is 15.1 Å². The minimum Gasteiger partial charge on any atom is -0.390 e. The zero-order chi connectivity index (χ0) is 9.97. The molecule has 5 nitrogen and oxygen atoms in total. The zero-order valence-electron chi connectivity index (χ0n) is 8.44. The molecule has 1 fully saturated rings. The number of anilines is 2. The van der Waals surface area contributed by atoms with E-state index in [9.17, 15) is 0 Å². The number of nitrogens with zero attached hydrogens (tertiary/aromatic N) is 3. The van der Waals surface area contributed by atoms with Crippen molar-refractivity contribution in [3.63, 3.8) is 0 Å². The van der Waals surface area contributed by atoms with E-state index in [4.69, 9.17) is 10.2 Å². The van der Waals surface area contributed by atoms with Crippen LogP contribution < -0.4 is 10.6 Å². The lowest BCUT2D eigenvalue weighted by Gasteiger charge is -2.17. The predicted octanol–water partition coefficient (Wildman–Crippen LogP) is 1.28. The number of hydrogen-bond acceptors (Lipinski definition) is 5. The first-order valence-electron chi connectivity index (χ1n) is 5.06. The molecule has 0 aliphatic heterocycles. The molecule has 0 amide bonds. The molecule has 1 aliphatic rings. The van der Waals surface area contributed by atoms with Crippen LogP contribution in [-0.4, -0.2) is 23.8 Å². The van der Waals surface area contributed by atoms with Gasteiger partial charge in [0.1, 0.15) is 0 Å². The minimum absolute atomic E-state index is 0.137. The van der Waals surface area contributed by atoms with E-state index >= 15 is 0 Å². The minimum atomic E-state index is 0.137. The first kappa shape index (κ1) is 9.30. The second kappa shape index (κ2) is 3.86. The van der Waals surface area contributed by atoms with Crippen molar-refractivity contribution >= 4 is 12.0 Å². The lowest BCUT2D eigenvalue weighted by molar-refractivity contribution is 0.503. The quantitative estimate of drug-likeness (QED) is 0.788. The number of aromatic nitrogens is 2. The molecule has 1 heterocycles. The molecule has 1 aromatic heterocycles. The maximum absolute atomic E-state index is 5.36. The zero-order valence-corrected chi connectivity index (χ0v) is 8.44. The first-order valence-corrected chi connectivity index (χ1v) is 5.06. The lowest BCUT2D eigenvalue weighted by Crippen LogP contribution is -2.24. The number of hydrogen-bond donors (Lipinski definition) is 1. The Kier molecular flexibility index (Phi) is 2.56. The Labute approximate surface area is 83.3 Å². The molecular formula is C9H16N4O. The van der Waals surface area contributed by atoms with Crippen LogP contribution in [0.3, 0.4) is 0 Å². The van der Waals surface area contributed by atoms with Crippen LogP contribution in [0, 0.1) is 5.92 Å². The monoisotopic (exact) mass is 196 g/mol. The third-order valence-corrected chi connectivity index (χ3v) is 2.76. The van der Waals surface area contributed by atoms with Gasteiger partial charge in [0.2, 0.25) is 0 Å². The van der Waals surface area contributed by atoms with E-state index in [-0.39, 0.29) is 6.01 Å². The molecule has 2 rings (SSSR count).